The van der Waals surface area contributed by atoms with Crippen LogP contribution in [0.3, 0.4) is 0 Å². The molecular formula is C29H29Cl2N5O3S. The summed E-state index contributed by atoms with van der Waals surface area (Å²) < 4.78 is 0. The van der Waals surface area contributed by atoms with Gasteiger partial charge in [0.05, 0.1) is 16.6 Å². The Morgan fingerprint density at radius 2 is 1.75 bits per heavy atom. The summed E-state index contributed by atoms with van der Waals surface area (Å²) in [4.78, 5) is 48.9. The molecule has 3 heterocycles. The zero-order chi connectivity index (χ0) is 28.3. The number of hydrogen-bond acceptors (Lipinski definition) is 6. The fourth-order valence-electron chi connectivity index (χ4n) is 4.13. The molecule has 1 aliphatic rings. The number of thioether (sulfide) groups is 1. The van der Waals surface area contributed by atoms with Crippen molar-refractivity contribution in [3.05, 3.63) is 94.4 Å². The van der Waals surface area contributed by atoms with E-state index in [-0.39, 0.29) is 18.9 Å². The number of halogens is 2. The van der Waals surface area contributed by atoms with Crippen molar-refractivity contribution in [3.8, 4) is 0 Å². The van der Waals surface area contributed by atoms with E-state index < -0.39 is 17.9 Å². The van der Waals surface area contributed by atoms with E-state index in [1.165, 1.54) is 6.08 Å². The monoisotopic (exact) mass is 597 g/mol. The molecule has 1 saturated heterocycles. The Labute approximate surface area is 247 Å². The summed E-state index contributed by atoms with van der Waals surface area (Å²) in [5, 5.41) is 7.90. The molecule has 0 radical (unpaired) electrons. The molecule has 1 aromatic carbocycles. The van der Waals surface area contributed by atoms with Gasteiger partial charge in [-0.3, -0.25) is 19.4 Å². The van der Waals surface area contributed by atoms with Gasteiger partial charge in [0.2, 0.25) is 17.7 Å². The van der Waals surface area contributed by atoms with Gasteiger partial charge in [0.1, 0.15) is 6.04 Å². The van der Waals surface area contributed by atoms with E-state index in [1.54, 1.807) is 71.5 Å². The summed E-state index contributed by atoms with van der Waals surface area (Å²) in [6, 6.07) is 15.2. The summed E-state index contributed by atoms with van der Waals surface area (Å²) in [5.74, 6) is -1.05. The number of pyridine rings is 2. The highest BCUT2D eigenvalue weighted by Crippen LogP contribution is 2.29. The SMILES string of the molecule is O=C(C=Cc1ccc(Cl)cc1)N[C@@H](Cc1ccccn1)C(=O)NCC(=O)N1CCC(Sc2ccc(Cl)cn2)CC1. The maximum Gasteiger partial charge on any atom is 0.244 e. The van der Waals surface area contributed by atoms with Gasteiger partial charge in [-0.2, -0.15) is 0 Å². The van der Waals surface area contributed by atoms with Crippen LogP contribution in [0.15, 0.2) is 78.1 Å². The highest BCUT2D eigenvalue weighted by Gasteiger charge is 2.26. The van der Waals surface area contributed by atoms with E-state index in [2.05, 4.69) is 20.6 Å². The van der Waals surface area contributed by atoms with Crippen molar-refractivity contribution in [2.45, 2.75) is 35.6 Å². The van der Waals surface area contributed by atoms with Gasteiger partial charge in [0, 0.05) is 53.9 Å². The van der Waals surface area contributed by atoms with Gasteiger partial charge in [-0.15, -0.1) is 11.8 Å². The molecule has 2 N–H and O–H groups in total. The summed E-state index contributed by atoms with van der Waals surface area (Å²) >= 11 is 13.5. The van der Waals surface area contributed by atoms with E-state index in [0.29, 0.717) is 34.1 Å². The van der Waals surface area contributed by atoms with Gasteiger partial charge in [-0.1, -0.05) is 41.4 Å². The lowest BCUT2D eigenvalue weighted by Gasteiger charge is -2.31. The molecule has 1 aliphatic heterocycles. The molecule has 1 atom stereocenters. The summed E-state index contributed by atoms with van der Waals surface area (Å²) in [6.45, 7) is 1.05. The smallest absolute Gasteiger partial charge is 0.244 e. The van der Waals surface area contributed by atoms with Crippen LogP contribution in [-0.2, 0) is 20.8 Å². The number of amides is 3. The molecule has 8 nitrogen and oxygen atoms in total. The van der Waals surface area contributed by atoms with Crippen molar-refractivity contribution < 1.29 is 14.4 Å². The van der Waals surface area contributed by atoms with Crippen LogP contribution >= 0.6 is 35.0 Å². The molecule has 4 rings (SSSR count). The third-order valence-corrected chi connectivity index (χ3v) is 8.03. The molecular weight excluding hydrogens is 569 g/mol. The minimum Gasteiger partial charge on any atom is -0.345 e. The second-order valence-electron chi connectivity index (χ2n) is 9.20. The number of aromatic nitrogens is 2. The van der Waals surface area contributed by atoms with Gasteiger partial charge in [0.25, 0.3) is 0 Å². The molecule has 2 aromatic heterocycles. The quantitative estimate of drug-likeness (QED) is 0.335. The Morgan fingerprint density at radius 3 is 2.42 bits per heavy atom. The first kappa shape index (κ1) is 29.6. The van der Waals surface area contributed by atoms with Crippen molar-refractivity contribution in [1.29, 1.82) is 0 Å². The van der Waals surface area contributed by atoms with E-state index in [1.807, 2.05) is 18.2 Å². The summed E-state index contributed by atoms with van der Waals surface area (Å²) in [6.07, 6.45) is 8.08. The normalized spacial score (nSPS) is 14.6. The van der Waals surface area contributed by atoms with Crippen LogP contribution in [0.4, 0.5) is 0 Å². The van der Waals surface area contributed by atoms with E-state index >= 15 is 0 Å². The molecule has 0 aliphatic carbocycles. The lowest BCUT2D eigenvalue weighted by molar-refractivity contribution is -0.134. The lowest BCUT2D eigenvalue weighted by atomic mass is 10.1. The first-order valence-electron chi connectivity index (χ1n) is 12.8. The molecule has 0 bridgehead atoms. The largest absolute Gasteiger partial charge is 0.345 e. The van der Waals surface area contributed by atoms with Crippen molar-refractivity contribution in [3.63, 3.8) is 0 Å². The Hall–Kier alpha value is -3.40. The minimum absolute atomic E-state index is 0.148. The zero-order valence-electron chi connectivity index (χ0n) is 21.6. The fraction of sp³-hybridized carbons (Fsp3) is 0.276. The number of carbonyl (C=O) groups is 3. The fourth-order valence-corrected chi connectivity index (χ4v) is 5.41. The van der Waals surface area contributed by atoms with E-state index in [0.717, 1.165) is 23.4 Å². The maximum atomic E-state index is 13.1. The predicted octanol–water partition coefficient (Wildman–Crippen LogP) is 4.42. The number of nitrogens with one attached hydrogen (secondary N) is 2. The van der Waals surface area contributed by atoms with Crippen LogP contribution in [0.1, 0.15) is 24.1 Å². The first-order chi connectivity index (χ1) is 19.4. The standard InChI is InChI=1S/C29H29Cl2N5O3S/c30-21-7-4-20(5-8-21)6-10-26(37)35-25(17-23-3-1-2-14-32-23)29(39)34-19-28(38)36-15-12-24(13-16-36)40-27-11-9-22(31)18-33-27/h1-11,14,18,24-25H,12-13,15-17,19H2,(H,34,39)(H,35,37)/t25-/m0/s1. The number of hydrogen-bond donors (Lipinski definition) is 2. The molecule has 0 unspecified atom stereocenters. The van der Waals surface area contributed by atoms with Crippen LogP contribution in [0.5, 0.6) is 0 Å². The molecule has 11 heteroatoms. The molecule has 1 fully saturated rings. The van der Waals surface area contributed by atoms with Gasteiger partial charge in [0.15, 0.2) is 0 Å². The zero-order valence-corrected chi connectivity index (χ0v) is 24.0. The molecule has 208 valence electrons. The molecule has 0 saturated carbocycles. The van der Waals surface area contributed by atoms with Crippen LogP contribution in [0, 0.1) is 0 Å². The first-order valence-corrected chi connectivity index (χ1v) is 14.5. The van der Waals surface area contributed by atoms with Crippen LogP contribution in [0.2, 0.25) is 10.0 Å². The second-order valence-corrected chi connectivity index (χ2v) is 11.4. The number of benzene rings is 1. The van der Waals surface area contributed by atoms with Crippen LogP contribution in [-0.4, -0.2) is 63.5 Å². The maximum absolute atomic E-state index is 13.1. The van der Waals surface area contributed by atoms with Crippen molar-refractivity contribution in [2.75, 3.05) is 19.6 Å². The Morgan fingerprint density at radius 1 is 1.00 bits per heavy atom. The average Bonchev–Trinajstić information content (AvgIpc) is 2.97. The summed E-state index contributed by atoms with van der Waals surface area (Å²) in [5.41, 5.74) is 1.44. The molecule has 3 amide bonds. The Bertz CT molecular complexity index is 1320. The van der Waals surface area contributed by atoms with Crippen molar-refractivity contribution in [1.82, 2.24) is 25.5 Å². The average molecular weight is 599 g/mol. The van der Waals surface area contributed by atoms with Gasteiger partial charge < -0.3 is 15.5 Å². The number of nitrogens with zero attached hydrogens (tertiary/aromatic N) is 3. The predicted molar refractivity (Wildman–Crippen MR) is 158 cm³/mol. The van der Waals surface area contributed by atoms with Gasteiger partial charge >= 0.3 is 0 Å². The number of carbonyl (C=O) groups excluding carboxylic acids is 3. The van der Waals surface area contributed by atoms with Crippen molar-refractivity contribution in [2.24, 2.45) is 0 Å². The third kappa shape index (κ3) is 9.36. The Kier molecular flexibility index (Phi) is 11.0. The molecule has 3 aromatic rings. The minimum atomic E-state index is -0.904. The number of rotatable bonds is 10. The Balaban J connectivity index is 1.28. The highest BCUT2D eigenvalue weighted by atomic mass is 35.5. The highest BCUT2D eigenvalue weighted by molar-refractivity contribution is 7.99. The van der Waals surface area contributed by atoms with Gasteiger partial charge in [-0.25, -0.2) is 4.98 Å². The van der Waals surface area contributed by atoms with Gasteiger partial charge in [-0.05, 0) is 60.9 Å². The van der Waals surface area contributed by atoms with Crippen LogP contribution < -0.4 is 10.6 Å². The third-order valence-electron chi connectivity index (χ3n) is 6.27. The second kappa shape index (κ2) is 14.8. The van der Waals surface area contributed by atoms with E-state index in [9.17, 15) is 14.4 Å². The summed E-state index contributed by atoms with van der Waals surface area (Å²) in [7, 11) is 0. The number of likely N-dealkylation sites (tertiary alicyclic amines) is 1. The topological polar surface area (TPSA) is 104 Å². The van der Waals surface area contributed by atoms with Crippen molar-refractivity contribution >= 4 is 58.8 Å². The van der Waals surface area contributed by atoms with Crippen LogP contribution in [0.25, 0.3) is 6.08 Å². The lowest BCUT2D eigenvalue weighted by Crippen LogP contribution is -2.51. The van der Waals surface area contributed by atoms with E-state index in [4.69, 9.17) is 23.2 Å². The molecule has 40 heavy (non-hydrogen) atoms. The number of piperidine rings is 1. The molecule has 0 spiro atoms.